The van der Waals surface area contributed by atoms with E-state index < -0.39 is 34.4 Å². The number of carbonyl (C=O) groups excluding carboxylic acids is 2. The summed E-state index contributed by atoms with van der Waals surface area (Å²) in [5.74, 6) is -1.14. The Bertz CT molecular complexity index is 1060. The van der Waals surface area contributed by atoms with Crippen molar-refractivity contribution >= 4 is 38.7 Å². The fraction of sp³-hybridized carbons (Fsp3) is 0.333. The summed E-state index contributed by atoms with van der Waals surface area (Å²) in [6, 6.07) is 8.19. The van der Waals surface area contributed by atoms with Gasteiger partial charge in [0, 0.05) is 21.4 Å². The number of ether oxygens (including phenoxy) is 1. The van der Waals surface area contributed by atoms with E-state index in [1.54, 1.807) is 35.6 Å². The summed E-state index contributed by atoms with van der Waals surface area (Å²) in [5, 5.41) is 2.94. The third-order valence-corrected chi connectivity index (χ3v) is 7.62. The number of nitrogens with zero attached hydrogens (tertiary/aromatic N) is 1. The van der Waals surface area contributed by atoms with Crippen LogP contribution in [-0.4, -0.2) is 38.7 Å². The van der Waals surface area contributed by atoms with Gasteiger partial charge in [0.15, 0.2) is 16.4 Å². The molecule has 0 fully saturated rings. The number of benzene rings is 1. The number of para-hydroxylation sites is 1. The van der Waals surface area contributed by atoms with E-state index in [4.69, 9.17) is 4.74 Å². The summed E-state index contributed by atoms with van der Waals surface area (Å²) >= 11 is 1.57. The van der Waals surface area contributed by atoms with Crippen LogP contribution in [-0.2, 0) is 32.2 Å². The summed E-state index contributed by atoms with van der Waals surface area (Å²) in [4.78, 5) is 28.1. The second-order valence-corrected chi connectivity index (χ2v) is 10.1. The van der Waals surface area contributed by atoms with Gasteiger partial charge in [-0.05, 0) is 49.5 Å². The van der Waals surface area contributed by atoms with Gasteiger partial charge in [-0.3, -0.25) is 4.79 Å². The molecule has 1 aromatic heterocycles. The zero-order valence-corrected chi connectivity index (χ0v) is 17.4. The van der Waals surface area contributed by atoms with Crippen LogP contribution in [0.1, 0.15) is 33.6 Å². The van der Waals surface area contributed by atoms with E-state index in [0.717, 1.165) is 36.7 Å². The number of anilines is 1. The molecule has 0 N–H and O–H groups in total. The van der Waals surface area contributed by atoms with E-state index in [1.165, 1.54) is 15.9 Å². The van der Waals surface area contributed by atoms with Gasteiger partial charge in [-0.2, -0.15) is 0 Å². The largest absolute Gasteiger partial charge is 0.452 e. The average molecular weight is 432 g/mol. The van der Waals surface area contributed by atoms with Gasteiger partial charge in [0.25, 0.3) is 5.91 Å². The standard InChI is InChI=1S/C21H21NO5S2/c23-20(12-27-21(24)18-13-28-19-9-5-4-8-17(18)19)22(15-6-2-1-3-7-15)16-10-11-29(25,26)14-16/h1-3,6-7,10-11,13,16H,4-5,8-9,12,14H2. The summed E-state index contributed by atoms with van der Waals surface area (Å²) < 4.78 is 29.0. The van der Waals surface area contributed by atoms with E-state index in [-0.39, 0.29) is 5.75 Å². The van der Waals surface area contributed by atoms with E-state index >= 15 is 0 Å². The van der Waals surface area contributed by atoms with Crippen molar-refractivity contribution in [3.8, 4) is 0 Å². The first kappa shape index (κ1) is 19.8. The fourth-order valence-electron chi connectivity index (χ4n) is 3.77. The molecule has 1 aliphatic carbocycles. The van der Waals surface area contributed by atoms with Gasteiger partial charge in [0.2, 0.25) is 0 Å². The van der Waals surface area contributed by atoms with Crippen LogP contribution in [0.5, 0.6) is 0 Å². The van der Waals surface area contributed by atoms with Crippen LogP contribution in [0.15, 0.2) is 47.2 Å². The SMILES string of the molecule is O=C(OCC(=O)N(c1ccccc1)C1C=CS(=O)(=O)C1)c1csc2c1CCCC2. The number of rotatable bonds is 5. The molecule has 1 amide bonds. The van der Waals surface area contributed by atoms with Crippen molar-refractivity contribution in [3.63, 3.8) is 0 Å². The molecule has 0 bridgehead atoms. The summed E-state index contributed by atoms with van der Waals surface area (Å²) in [7, 11) is -3.34. The van der Waals surface area contributed by atoms with Crippen LogP contribution in [0.25, 0.3) is 0 Å². The van der Waals surface area contributed by atoms with Gasteiger partial charge < -0.3 is 9.64 Å². The maximum atomic E-state index is 12.9. The molecular weight excluding hydrogens is 410 g/mol. The number of hydrogen-bond acceptors (Lipinski definition) is 6. The number of aryl methyl sites for hydroxylation is 1. The van der Waals surface area contributed by atoms with Crippen molar-refractivity contribution < 1.29 is 22.7 Å². The first-order valence-corrected chi connectivity index (χ1v) is 12.1. The maximum Gasteiger partial charge on any atom is 0.339 e. The van der Waals surface area contributed by atoms with Gasteiger partial charge in [-0.1, -0.05) is 18.2 Å². The average Bonchev–Trinajstić information content (AvgIpc) is 3.30. The number of thiophene rings is 1. The molecule has 29 heavy (non-hydrogen) atoms. The first-order chi connectivity index (χ1) is 13.9. The highest BCUT2D eigenvalue weighted by Gasteiger charge is 2.32. The van der Waals surface area contributed by atoms with E-state index in [0.29, 0.717) is 11.3 Å². The van der Waals surface area contributed by atoms with Crippen LogP contribution < -0.4 is 4.90 Å². The summed E-state index contributed by atoms with van der Waals surface area (Å²) in [6.07, 6.45) is 5.52. The predicted molar refractivity (Wildman–Crippen MR) is 112 cm³/mol. The summed E-state index contributed by atoms with van der Waals surface area (Å²) in [6.45, 7) is -0.442. The predicted octanol–water partition coefficient (Wildman–Crippen LogP) is 3.13. The van der Waals surface area contributed by atoms with Crippen molar-refractivity contribution in [1.82, 2.24) is 0 Å². The van der Waals surface area contributed by atoms with Crippen LogP contribution in [0.4, 0.5) is 5.69 Å². The molecule has 2 heterocycles. The second kappa shape index (κ2) is 8.12. The Morgan fingerprint density at radius 2 is 1.90 bits per heavy atom. The Labute approximate surface area is 173 Å². The number of fused-ring (bicyclic) bond motifs is 1. The molecule has 6 nitrogen and oxygen atoms in total. The highest BCUT2D eigenvalue weighted by molar-refractivity contribution is 7.94. The molecule has 1 atom stereocenters. The number of amides is 1. The maximum absolute atomic E-state index is 12.9. The molecule has 1 aliphatic heterocycles. The molecule has 2 aliphatic rings. The first-order valence-electron chi connectivity index (χ1n) is 9.49. The molecule has 8 heteroatoms. The van der Waals surface area contributed by atoms with Crippen LogP contribution in [0, 0.1) is 0 Å². The minimum Gasteiger partial charge on any atom is -0.452 e. The number of hydrogen-bond donors (Lipinski definition) is 0. The summed E-state index contributed by atoms with van der Waals surface area (Å²) in [5.41, 5.74) is 2.16. The lowest BCUT2D eigenvalue weighted by Gasteiger charge is -2.27. The number of sulfone groups is 1. The lowest BCUT2D eigenvalue weighted by atomic mass is 9.96. The lowest BCUT2D eigenvalue weighted by Crippen LogP contribution is -2.43. The second-order valence-electron chi connectivity index (χ2n) is 7.16. The van der Waals surface area contributed by atoms with Gasteiger partial charge in [0.1, 0.15) is 0 Å². The molecule has 1 aromatic carbocycles. The van der Waals surface area contributed by atoms with Crippen molar-refractivity contribution in [2.75, 3.05) is 17.3 Å². The smallest absolute Gasteiger partial charge is 0.339 e. The Morgan fingerprint density at radius 3 is 2.62 bits per heavy atom. The highest BCUT2D eigenvalue weighted by Crippen LogP contribution is 2.30. The Hall–Kier alpha value is -2.45. The highest BCUT2D eigenvalue weighted by atomic mass is 32.2. The van der Waals surface area contributed by atoms with E-state index in [2.05, 4.69) is 0 Å². The molecule has 0 radical (unpaired) electrons. The molecule has 152 valence electrons. The van der Waals surface area contributed by atoms with Crippen molar-refractivity contribution in [2.24, 2.45) is 0 Å². The Morgan fingerprint density at radius 1 is 1.14 bits per heavy atom. The number of carbonyl (C=O) groups is 2. The quantitative estimate of drug-likeness (QED) is 0.680. The van der Waals surface area contributed by atoms with Crippen molar-refractivity contribution in [3.05, 3.63) is 63.2 Å². The number of esters is 1. The van der Waals surface area contributed by atoms with Crippen LogP contribution >= 0.6 is 11.3 Å². The van der Waals surface area contributed by atoms with Crippen LogP contribution in [0.3, 0.4) is 0 Å². The van der Waals surface area contributed by atoms with Gasteiger partial charge in [-0.15, -0.1) is 11.3 Å². The Kier molecular flexibility index (Phi) is 5.56. The third kappa shape index (κ3) is 4.28. The topological polar surface area (TPSA) is 80.8 Å². The molecular formula is C21H21NO5S2. The molecule has 1 unspecified atom stereocenters. The van der Waals surface area contributed by atoms with Crippen LogP contribution in [0.2, 0.25) is 0 Å². The Balaban J connectivity index is 1.49. The molecule has 0 spiro atoms. The zero-order valence-electron chi connectivity index (χ0n) is 15.7. The minimum absolute atomic E-state index is 0.181. The molecule has 0 saturated heterocycles. The van der Waals surface area contributed by atoms with E-state index in [9.17, 15) is 18.0 Å². The monoisotopic (exact) mass is 431 g/mol. The zero-order chi connectivity index (χ0) is 20.4. The van der Waals surface area contributed by atoms with Crippen molar-refractivity contribution in [1.29, 1.82) is 0 Å². The minimum atomic E-state index is -3.34. The van der Waals surface area contributed by atoms with E-state index in [1.807, 2.05) is 11.4 Å². The third-order valence-electron chi connectivity index (χ3n) is 5.15. The normalized spacial score (nSPS) is 19.5. The molecule has 4 rings (SSSR count). The lowest BCUT2D eigenvalue weighted by molar-refractivity contribution is -0.121. The molecule has 0 saturated carbocycles. The van der Waals surface area contributed by atoms with Gasteiger partial charge in [-0.25, -0.2) is 13.2 Å². The van der Waals surface area contributed by atoms with Crippen molar-refractivity contribution in [2.45, 2.75) is 31.7 Å². The molecule has 2 aromatic rings. The fourth-order valence-corrected chi connectivity index (χ4v) is 6.15. The van der Waals surface area contributed by atoms with Gasteiger partial charge in [0.05, 0.1) is 17.4 Å². The van der Waals surface area contributed by atoms with Gasteiger partial charge >= 0.3 is 5.97 Å².